The van der Waals surface area contributed by atoms with Crippen molar-refractivity contribution >= 4 is 24.0 Å². The number of aromatic nitrogens is 4. The van der Waals surface area contributed by atoms with Gasteiger partial charge in [0.05, 0.1) is 11.6 Å². The third-order valence-corrected chi connectivity index (χ3v) is 8.32. The van der Waals surface area contributed by atoms with Crippen LogP contribution in [-0.2, 0) is 10.2 Å². The largest absolute Gasteiger partial charge is 0.444 e. The molecule has 2 atom stereocenters. The summed E-state index contributed by atoms with van der Waals surface area (Å²) in [6, 6.07) is 1.01. The lowest BCUT2D eigenvalue weighted by atomic mass is 9.93. The highest BCUT2D eigenvalue weighted by molar-refractivity contribution is 5.93. The molecule has 0 aliphatic carbocycles. The molecule has 0 radical (unpaired) electrons. The van der Waals surface area contributed by atoms with Crippen molar-refractivity contribution in [3.8, 4) is 0 Å². The summed E-state index contributed by atoms with van der Waals surface area (Å²) < 4.78 is 53.6. The van der Waals surface area contributed by atoms with Crippen LogP contribution in [0, 0.1) is 17.5 Å². The van der Waals surface area contributed by atoms with E-state index in [-0.39, 0.29) is 47.5 Å². The zero-order chi connectivity index (χ0) is 34.3. The zero-order valence-corrected chi connectivity index (χ0v) is 27.7. The van der Waals surface area contributed by atoms with E-state index in [0.29, 0.717) is 43.8 Å². The third-order valence-electron chi connectivity index (χ3n) is 8.32. The number of nitrogens with zero attached hydrogens (tertiary/aromatic N) is 7. The minimum atomic E-state index is -1.31. The van der Waals surface area contributed by atoms with Gasteiger partial charge < -0.3 is 29.3 Å². The van der Waals surface area contributed by atoms with Crippen molar-refractivity contribution in [2.75, 3.05) is 43.0 Å². The molecule has 0 unspecified atom stereocenters. The molecule has 2 aliphatic heterocycles. The van der Waals surface area contributed by atoms with Gasteiger partial charge in [0.15, 0.2) is 17.5 Å². The highest BCUT2D eigenvalue weighted by Crippen LogP contribution is 2.33. The third kappa shape index (κ3) is 7.76. The Morgan fingerprint density at radius 3 is 2.19 bits per heavy atom. The molecule has 2 aliphatic rings. The number of alkyl carbamates (subject to hydrolysis) is 1. The van der Waals surface area contributed by atoms with Gasteiger partial charge in [-0.25, -0.2) is 27.9 Å². The predicted molar refractivity (Wildman–Crippen MR) is 167 cm³/mol. The van der Waals surface area contributed by atoms with Crippen LogP contribution in [0.3, 0.4) is 0 Å². The molecular formula is C32H41F3N8O4. The monoisotopic (exact) mass is 658 g/mol. The molecule has 2 aromatic heterocycles. The number of carbonyl (C=O) groups excluding carboxylic acids is 2. The molecule has 2 amide bonds. The summed E-state index contributed by atoms with van der Waals surface area (Å²) in [4.78, 5) is 44.7. The molecule has 0 spiro atoms. The second kappa shape index (κ2) is 13.0. The highest BCUT2D eigenvalue weighted by atomic mass is 19.2. The first-order valence-corrected chi connectivity index (χ1v) is 15.6. The van der Waals surface area contributed by atoms with Crippen molar-refractivity contribution in [3.63, 3.8) is 0 Å². The molecule has 47 heavy (non-hydrogen) atoms. The summed E-state index contributed by atoms with van der Waals surface area (Å²) in [6.07, 6.45) is 3.52. The quantitative estimate of drug-likeness (QED) is 0.369. The molecule has 1 aromatic carbocycles. The summed E-state index contributed by atoms with van der Waals surface area (Å²) in [5.41, 5.74) is -0.818. The standard InChI is InChI=1S/C32H41F3N8O4/c1-31(2,3)27-39-29(47-40-27)42-10-8-19(9-11-42)41(7)26(44)18-14-36-28(37-15-18)43-16-21(20-12-23(34)24(35)13-22(20)33)25(17-43)38-30(45)46-32(4,5)6/h12-15,19,21,25H,8-11,16-17H2,1-7H3,(H,38,45)/t21-,25+/m1/s1. The van der Waals surface area contributed by atoms with Crippen LogP contribution in [0.15, 0.2) is 29.0 Å². The number of hydrogen-bond acceptors (Lipinski definition) is 10. The van der Waals surface area contributed by atoms with E-state index in [2.05, 4.69) is 25.4 Å². The molecule has 2 saturated heterocycles. The summed E-state index contributed by atoms with van der Waals surface area (Å²) >= 11 is 0. The Morgan fingerprint density at radius 2 is 1.60 bits per heavy atom. The maximum atomic E-state index is 14.9. The van der Waals surface area contributed by atoms with E-state index >= 15 is 0 Å². The Labute approximate surface area is 271 Å². The lowest BCUT2D eigenvalue weighted by Gasteiger charge is -2.35. The zero-order valence-electron chi connectivity index (χ0n) is 27.7. The number of anilines is 2. The minimum Gasteiger partial charge on any atom is -0.444 e. The fourth-order valence-corrected chi connectivity index (χ4v) is 5.77. The van der Waals surface area contributed by atoms with Crippen molar-refractivity contribution in [2.24, 2.45) is 0 Å². The molecule has 3 aromatic rings. The van der Waals surface area contributed by atoms with Crippen LogP contribution in [-0.4, -0.2) is 87.9 Å². The number of amides is 2. The van der Waals surface area contributed by atoms with Gasteiger partial charge in [-0.2, -0.15) is 4.98 Å². The fourth-order valence-electron chi connectivity index (χ4n) is 5.77. The van der Waals surface area contributed by atoms with Gasteiger partial charge in [0, 0.05) is 69.1 Å². The molecule has 15 heteroatoms. The summed E-state index contributed by atoms with van der Waals surface area (Å²) in [5, 5.41) is 6.83. The van der Waals surface area contributed by atoms with E-state index in [4.69, 9.17) is 9.26 Å². The van der Waals surface area contributed by atoms with Gasteiger partial charge in [-0.05, 0) is 45.2 Å². The van der Waals surface area contributed by atoms with Crippen LogP contribution in [0.5, 0.6) is 0 Å². The normalized spacial score (nSPS) is 19.2. The number of benzene rings is 1. The second-order valence-corrected chi connectivity index (χ2v) is 14.1. The Balaban J connectivity index is 1.25. The van der Waals surface area contributed by atoms with E-state index in [0.717, 1.165) is 6.07 Å². The molecule has 0 bridgehead atoms. The van der Waals surface area contributed by atoms with Gasteiger partial charge in [-0.15, -0.1) is 0 Å². The molecule has 12 nitrogen and oxygen atoms in total. The summed E-state index contributed by atoms with van der Waals surface area (Å²) in [7, 11) is 1.75. The van der Waals surface area contributed by atoms with Crippen molar-refractivity contribution in [2.45, 2.75) is 83.4 Å². The van der Waals surface area contributed by atoms with Crippen LogP contribution in [0.1, 0.15) is 82.0 Å². The van der Waals surface area contributed by atoms with Crippen LogP contribution >= 0.6 is 0 Å². The van der Waals surface area contributed by atoms with Crippen molar-refractivity contribution in [1.82, 2.24) is 30.3 Å². The Morgan fingerprint density at radius 1 is 0.957 bits per heavy atom. The van der Waals surface area contributed by atoms with Gasteiger partial charge in [0.1, 0.15) is 11.4 Å². The number of carbonyl (C=O) groups is 2. The van der Waals surface area contributed by atoms with E-state index in [1.165, 1.54) is 12.4 Å². The Bertz CT molecular complexity index is 1600. The van der Waals surface area contributed by atoms with Crippen molar-refractivity contribution in [3.05, 3.63) is 58.9 Å². The molecule has 1 N–H and O–H groups in total. The molecule has 4 heterocycles. The lowest BCUT2D eigenvalue weighted by Crippen LogP contribution is -2.45. The van der Waals surface area contributed by atoms with Crippen LogP contribution in [0.25, 0.3) is 0 Å². The van der Waals surface area contributed by atoms with E-state index < -0.39 is 41.1 Å². The Hall–Kier alpha value is -4.43. The number of nitrogens with one attached hydrogen (secondary N) is 1. The lowest BCUT2D eigenvalue weighted by molar-refractivity contribution is 0.0504. The van der Waals surface area contributed by atoms with Gasteiger partial charge in [-0.3, -0.25) is 4.79 Å². The molecule has 0 saturated carbocycles. The van der Waals surface area contributed by atoms with Gasteiger partial charge in [0.2, 0.25) is 5.95 Å². The smallest absolute Gasteiger partial charge is 0.407 e. The van der Waals surface area contributed by atoms with E-state index in [1.807, 2.05) is 25.7 Å². The first-order valence-electron chi connectivity index (χ1n) is 15.6. The fraction of sp³-hybridized carbons (Fsp3) is 0.562. The molecule has 2 fully saturated rings. The van der Waals surface area contributed by atoms with E-state index in [1.54, 1.807) is 37.6 Å². The maximum absolute atomic E-state index is 14.9. The number of piperidine rings is 1. The Kier molecular flexibility index (Phi) is 9.38. The van der Waals surface area contributed by atoms with Crippen LogP contribution in [0.4, 0.5) is 29.9 Å². The average Bonchev–Trinajstić information content (AvgIpc) is 3.66. The topological polar surface area (TPSA) is 130 Å². The van der Waals surface area contributed by atoms with E-state index in [9.17, 15) is 22.8 Å². The molecular weight excluding hydrogens is 617 g/mol. The number of ether oxygens (including phenoxy) is 1. The van der Waals surface area contributed by atoms with Gasteiger partial charge in [0.25, 0.3) is 5.91 Å². The highest BCUT2D eigenvalue weighted by Gasteiger charge is 2.39. The van der Waals surface area contributed by atoms with Gasteiger partial charge >= 0.3 is 12.1 Å². The first kappa shape index (κ1) is 33.9. The van der Waals surface area contributed by atoms with Crippen LogP contribution in [0.2, 0.25) is 0 Å². The maximum Gasteiger partial charge on any atom is 0.407 e. The summed E-state index contributed by atoms with van der Waals surface area (Å²) in [5.74, 6) is -3.58. The summed E-state index contributed by atoms with van der Waals surface area (Å²) in [6.45, 7) is 12.7. The number of hydrogen-bond donors (Lipinski definition) is 1. The SMILES string of the molecule is CN(C(=O)c1cnc(N2C[C@H](NC(=O)OC(C)(C)C)[C@@H](c3cc(F)c(F)cc3F)C2)nc1)C1CCN(c2nc(C(C)(C)C)no2)CC1. The molecule has 5 rings (SSSR count). The van der Waals surface area contributed by atoms with Gasteiger partial charge in [-0.1, -0.05) is 25.9 Å². The predicted octanol–water partition coefficient (Wildman–Crippen LogP) is 4.81. The average molecular weight is 659 g/mol. The molecule has 254 valence electrons. The number of rotatable bonds is 6. The minimum absolute atomic E-state index is 0.0199. The second-order valence-electron chi connectivity index (χ2n) is 14.1. The van der Waals surface area contributed by atoms with Crippen molar-refractivity contribution < 1.29 is 32.0 Å². The van der Waals surface area contributed by atoms with Crippen molar-refractivity contribution in [1.29, 1.82) is 0 Å². The number of halogens is 3. The van der Waals surface area contributed by atoms with Crippen LogP contribution < -0.4 is 15.1 Å². The first-order chi connectivity index (χ1) is 22.0.